The SMILES string of the molecule is O=C(O)CCCCCCN1C(=O)NCC1c1ccc(Cl)cc1. The molecular formula is C16H21ClN2O3. The van der Waals surface area contributed by atoms with Gasteiger partial charge >= 0.3 is 12.0 Å². The lowest BCUT2D eigenvalue weighted by Crippen LogP contribution is -2.30. The van der Waals surface area contributed by atoms with Crippen LogP contribution in [-0.4, -0.2) is 35.1 Å². The van der Waals surface area contributed by atoms with Crippen LogP contribution in [0.2, 0.25) is 5.02 Å². The molecule has 1 unspecified atom stereocenters. The van der Waals surface area contributed by atoms with E-state index in [0.29, 0.717) is 24.5 Å². The summed E-state index contributed by atoms with van der Waals surface area (Å²) < 4.78 is 0. The van der Waals surface area contributed by atoms with Gasteiger partial charge < -0.3 is 15.3 Å². The number of rotatable bonds is 8. The minimum Gasteiger partial charge on any atom is -0.481 e. The lowest BCUT2D eigenvalue weighted by atomic mass is 10.1. The second-order valence-electron chi connectivity index (χ2n) is 5.50. The first-order valence-electron chi connectivity index (χ1n) is 7.59. The van der Waals surface area contributed by atoms with Crippen molar-refractivity contribution in [3.8, 4) is 0 Å². The summed E-state index contributed by atoms with van der Waals surface area (Å²) in [4.78, 5) is 24.2. The van der Waals surface area contributed by atoms with Gasteiger partial charge in [-0.1, -0.05) is 36.6 Å². The molecule has 0 saturated carbocycles. The second kappa shape index (κ2) is 8.03. The molecule has 1 saturated heterocycles. The van der Waals surface area contributed by atoms with Crippen molar-refractivity contribution in [3.05, 3.63) is 34.9 Å². The van der Waals surface area contributed by atoms with Gasteiger partial charge in [-0.2, -0.15) is 0 Å². The fourth-order valence-electron chi connectivity index (χ4n) is 2.69. The normalized spacial score (nSPS) is 17.6. The minimum absolute atomic E-state index is 0.0366. The van der Waals surface area contributed by atoms with Gasteiger partial charge in [0.05, 0.1) is 6.04 Å². The van der Waals surface area contributed by atoms with E-state index in [-0.39, 0.29) is 18.5 Å². The molecule has 2 rings (SSSR count). The number of aliphatic carboxylic acids is 1. The first-order chi connectivity index (χ1) is 10.6. The summed E-state index contributed by atoms with van der Waals surface area (Å²) in [7, 11) is 0. The van der Waals surface area contributed by atoms with Crippen LogP contribution in [0.4, 0.5) is 4.79 Å². The van der Waals surface area contributed by atoms with E-state index in [1.807, 2.05) is 29.2 Å². The molecule has 1 aliphatic heterocycles. The molecule has 0 aliphatic carbocycles. The van der Waals surface area contributed by atoms with Crippen molar-refractivity contribution in [2.24, 2.45) is 0 Å². The maximum Gasteiger partial charge on any atom is 0.318 e. The molecule has 1 aliphatic rings. The number of carbonyl (C=O) groups excluding carboxylic acids is 1. The van der Waals surface area contributed by atoms with E-state index >= 15 is 0 Å². The fourth-order valence-corrected chi connectivity index (χ4v) is 2.82. The monoisotopic (exact) mass is 324 g/mol. The molecule has 0 spiro atoms. The third-order valence-corrected chi connectivity index (χ3v) is 4.13. The van der Waals surface area contributed by atoms with Crippen molar-refractivity contribution in [1.82, 2.24) is 10.2 Å². The van der Waals surface area contributed by atoms with E-state index in [2.05, 4.69) is 5.32 Å². The van der Waals surface area contributed by atoms with Gasteiger partial charge in [-0.25, -0.2) is 4.79 Å². The summed E-state index contributed by atoms with van der Waals surface area (Å²) in [6.07, 6.45) is 3.62. The Morgan fingerprint density at radius 1 is 1.23 bits per heavy atom. The summed E-state index contributed by atoms with van der Waals surface area (Å²) in [5.41, 5.74) is 1.08. The first-order valence-corrected chi connectivity index (χ1v) is 7.97. The number of amides is 2. The zero-order valence-corrected chi connectivity index (χ0v) is 13.2. The summed E-state index contributed by atoms with van der Waals surface area (Å²) in [5, 5.41) is 12.1. The molecule has 1 aromatic carbocycles. The highest BCUT2D eigenvalue weighted by Gasteiger charge is 2.31. The van der Waals surface area contributed by atoms with Crippen LogP contribution in [0.3, 0.4) is 0 Å². The van der Waals surface area contributed by atoms with Gasteiger partial charge in [-0.05, 0) is 30.5 Å². The molecule has 2 N–H and O–H groups in total. The van der Waals surface area contributed by atoms with Crippen LogP contribution < -0.4 is 5.32 Å². The Hall–Kier alpha value is -1.75. The van der Waals surface area contributed by atoms with Gasteiger partial charge in [0.1, 0.15) is 0 Å². The van der Waals surface area contributed by atoms with Crippen LogP contribution >= 0.6 is 11.6 Å². The van der Waals surface area contributed by atoms with Crippen molar-refractivity contribution in [1.29, 1.82) is 0 Å². The topological polar surface area (TPSA) is 69.6 Å². The van der Waals surface area contributed by atoms with Gasteiger partial charge in [0, 0.05) is 24.5 Å². The third-order valence-electron chi connectivity index (χ3n) is 3.88. The van der Waals surface area contributed by atoms with Crippen LogP contribution in [0, 0.1) is 0 Å². The van der Waals surface area contributed by atoms with E-state index in [4.69, 9.17) is 16.7 Å². The average molecular weight is 325 g/mol. The Balaban J connectivity index is 1.81. The largest absolute Gasteiger partial charge is 0.481 e. The molecule has 1 atom stereocenters. The molecule has 1 heterocycles. The number of hydrogen-bond acceptors (Lipinski definition) is 2. The number of benzene rings is 1. The van der Waals surface area contributed by atoms with E-state index < -0.39 is 5.97 Å². The number of halogens is 1. The lowest BCUT2D eigenvalue weighted by Gasteiger charge is -2.23. The molecule has 0 bridgehead atoms. The molecule has 5 nitrogen and oxygen atoms in total. The zero-order chi connectivity index (χ0) is 15.9. The number of unbranched alkanes of at least 4 members (excludes halogenated alkanes) is 3. The van der Waals surface area contributed by atoms with Crippen LogP contribution in [0.1, 0.15) is 43.7 Å². The van der Waals surface area contributed by atoms with Gasteiger partial charge in [-0.15, -0.1) is 0 Å². The van der Waals surface area contributed by atoms with Crippen molar-refractivity contribution in [3.63, 3.8) is 0 Å². The number of nitrogens with one attached hydrogen (secondary N) is 1. The standard InChI is InChI=1S/C16H21ClN2O3/c17-13-8-6-12(7-9-13)14-11-18-16(22)19(14)10-4-2-1-3-5-15(20)21/h6-9,14H,1-5,10-11H2,(H,18,22)(H,20,21). The number of nitrogens with zero attached hydrogens (tertiary/aromatic N) is 1. The molecule has 6 heteroatoms. The van der Waals surface area contributed by atoms with Gasteiger partial charge in [-0.3, -0.25) is 4.79 Å². The lowest BCUT2D eigenvalue weighted by molar-refractivity contribution is -0.137. The predicted molar refractivity (Wildman–Crippen MR) is 85.0 cm³/mol. The van der Waals surface area contributed by atoms with E-state index in [1.54, 1.807) is 0 Å². The van der Waals surface area contributed by atoms with Crippen molar-refractivity contribution in [2.75, 3.05) is 13.1 Å². The molecule has 2 amide bonds. The quantitative estimate of drug-likeness (QED) is 0.720. The highest BCUT2D eigenvalue weighted by atomic mass is 35.5. The van der Waals surface area contributed by atoms with Gasteiger partial charge in [0.2, 0.25) is 0 Å². The minimum atomic E-state index is -0.748. The van der Waals surface area contributed by atoms with Crippen molar-refractivity contribution < 1.29 is 14.7 Å². The molecule has 120 valence electrons. The highest BCUT2D eigenvalue weighted by Crippen LogP contribution is 2.26. The van der Waals surface area contributed by atoms with Crippen LogP contribution in [0.25, 0.3) is 0 Å². The Morgan fingerprint density at radius 2 is 1.91 bits per heavy atom. The van der Waals surface area contributed by atoms with Crippen molar-refractivity contribution in [2.45, 2.75) is 38.1 Å². The molecule has 22 heavy (non-hydrogen) atoms. The first kappa shape index (κ1) is 16.6. The smallest absolute Gasteiger partial charge is 0.318 e. The summed E-state index contributed by atoms with van der Waals surface area (Å²) in [5.74, 6) is -0.748. The summed E-state index contributed by atoms with van der Waals surface area (Å²) in [6.45, 7) is 1.30. The number of hydrogen-bond donors (Lipinski definition) is 2. The highest BCUT2D eigenvalue weighted by molar-refractivity contribution is 6.30. The predicted octanol–water partition coefficient (Wildman–Crippen LogP) is 3.44. The second-order valence-corrected chi connectivity index (χ2v) is 5.94. The third kappa shape index (κ3) is 4.63. The summed E-state index contributed by atoms with van der Waals surface area (Å²) >= 11 is 5.90. The Morgan fingerprint density at radius 3 is 2.59 bits per heavy atom. The molecule has 0 aromatic heterocycles. The maximum absolute atomic E-state index is 11.9. The van der Waals surface area contributed by atoms with Gasteiger partial charge in [0.15, 0.2) is 0 Å². The molecule has 1 fully saturated rings. The zero-order valence-electron chi connectivity index (χ0n) is 12.4. The van der Waals surface area contributed by atoms with Crippen LogP contribution in [0.15, 0.2) is 24.3 Å². The maximum atomic E-state index is 11.9. The molecular weight excluding hydrogens is 304 g/mol. The number of carboxylic acids is 1. The number of urea groups is 1. The molecule has 0 radical (unpaired) electrons. The average Bonchev–Trinajstić information content (AvgIpc) is 2.84. The summed E-state index contributed by atoms with van der Waals surface area (Å²) in [6, 6.07) is 7.59. The van der Waals surface area contributed by atoms with E-state index in [9.17, 15) is 9.59 Å². The van der Waals surface area contributed by atoms with Crippen LogP contribution in [-0.2, 0) is 4.79 Å². The van der Waals surface area contributed by atoms with Crippen molar-refractivity contribution >= 4 is 23.6 Å². The fraction of sp³-hybridized carbons (Fsp3) is 0.500. The van der Waals surface area contributed by atoms with Crippen LogP contribution in [0.5, 0.6) is 0 Å². The molecule has 1 aromatic rings. The Labute approximate surface area is 135 Å². The Bertz CT molecular complexity index is 519. The van der Waals surface area contributed by atoms with Gasteiger partial charge in [0.25, 0.3) is 0 Å². The van der Waals surface area contributed by atoms with E-state index in [0.717, 1.165) is 24.8 Å². The number of carbonyl (C=O) groups is 2. The van der Waals surface area contributed by atoms with E-state index in [1.165, 1.54) is 0 Å². The number of carboxylic acid groups (broad SMARTS) is 1. The Kier molecular flexibility index (Phi) is 6.07.